The molecule has 1 aromatic carbocycles. The zero-order chi connectivity index (χ0) is 13.5. The summed E-state index contributed by atoms with van der Waals surface area (Å²) >= 11 is 0. The zero-order valence-corrected chi connectivity index (χ0v) is 11.1. The number of anilines is 1. The normalized spacial score (nSPS) is 30.3. The number of rotatable bonds is 2. The van der Waals surface area contributed by atoms with Gasteiger partial charge in [0.1, 0.15) is 13.2 Å². The first-order chi connectivity index (χ1) is 9.81. The first-order valence-corrected chi connectivity index (χ1v) is 7.16. The van der Waals surface area contributed by atoms with Crippen molar-refractivity contribution in [2.24, 2.45) is 5.92 Å². The van der Waals surface area contributed by atoms with Gasteiger partial charge in [-0.2, -0.15) is 0 Å². The predicted molar refractivity (Wildman–Crippen MR) is 72.1 cm³/mol. The SMILES string of the molecule is O=C(Nc1cccc2c1OCCO2)C1CC2CCC1O2. The minimum absolute atomic E-state index is 0.0276. The molecule has 3 heterocycles. The molecule has 1 aromatic rings. The highest BCUT2D eigenvalue weighted by Gasteiger charge is 2.44. The number of carbonyl (C=O) groups is 1. The van der Waals surface area contributed by atoms with Crippen LogP contribution in [0.1, 0.15) is 19.3 Å². The maximum absolute atomic E-state index is 12.4. The number of fused-ring (bicyclic) bond motifs is 3. The summed E-state index contributed by atoms with van der Waals surface area (Å²) in [5, 5.41) is 2.97. The fourth-order valence-electron chi connectivity index (χ4n) is 3.31. The molecule has 3 aliphatic rings. The molecular weight excluding hydrogens is 258 g/mol. The molecule has 5 heteroatoms. The molecule has 0 aliphatic carbocycles. The Bertz CT molecular complexity index is 545. The number of amides is 1. The third kappa shape index (κ3) is 1.93. The first kappa shape index (κ1) is 12.0. The van der Waals surface area contributed by atoms with Crippen LogP contribution >= 0.6 is 0 Å². The number of benzene rings is 1. The summed E-state index contributed by atoms with van der Waals surface area (Å²) in [5.41, 5.74) is 0.690. The van der Waals surface area contributed by atoms with Crippen molar-refractivity contribution < 1.29 is 19.0 Å². The number of ether oxygens (including phenoxy) is 3. The van der Waals surface area contributed by atoms with Gasteiger partial charge in [-0.3, -0.25) is 4.79 Å². The van der Waals surface area contributed by atoms with Crippen molar-refractivity contribution in [1.29, 1.82) is 0 Å². The maximum Gasteiger partial charge on any atom is 0.230 e. The molecular formula is C15H17NO4. The molecule has 1 amide bonds. The number of carbonyl (C=O) groups excluding carboxylic acids is 1. The van der Waals surface area contributed by atoms with Crippen LogP contribution in [0.3, 0.4) is 0 Å². The van der Waals surface area contributed by atoms with E-state index < -0.39 is 0 Å². The molecule has 3 aliphatic heterocycles. The van der Waals surface area contributed by atoms with E-state index in [1.165, 1.54) is 0 Å². The fraction of sp³-hybridized carbons (Fsp3) is 0.533. The van der Waals surface area contributed by atoms with Crippen molar-refractivity contribution >= 4 is 11.6 Å². The largest absolute Gasteiger partial charge is 0.486 e. The van der Waals surface area contributed by atoms with Crippen LogP contribution in [0.15, 0.2) is 18.2 Å². The smallest absolute Gasteiger partial charge is 0.230 e. The summed E-state index contributed by atoms with van der Waals surface area (Å²) in [6.45, 7) is 1.06. The van der Waals surface area contributed by atoms with E-state index in [2.05, 4.69) is 5.32 Å². The van der Waals surface area contributed by atoms with E-state index in [9.17, 15) is 4.79 Å². The molecule has 0 saturated carbocycles. The molecule has 2 fully saturated rings. The molecule has 20 heavy (non-hydrogen) atoms. The Hall–Kier alpha value is -1.75. The predicted octanol–water partition coefficient (Wildman–Crippen LogP) is 1.96. The van der Waals surface area contributed by atoms with Crippen molar-refractivity contribution in [2.45, 2.75) is 31.5 Å². The summed E-state index contributed by atoms with van der Waals surface area (Å²) in [7, 11) is 0. The highest BCUT2D eigenvalue weighted by molar-refractivity contribution is 5.95. The van der Waals surface area contributed by atoms with Crippen molar-refractivity contribution in [3.8, 4) is 11.5 Å². The molecule has 3 unspecified atom stereocenters. The number of para-hydroxylation sites is 1. The van der Waals surface area contributed by atoms with E-state index in [1.54, 1.807) is 0 Å². The molecule has 0 spiro atoms. The lowest BCUT2D eigenvalue weighted by atomic mass is 9.88. The second-order valence-electron chi connectivity index (χ2n) is 5.54. The van der Waals surface area contributed by atoms with Crippen LogP contribution in [0.25, 0.3) is 0 Å². The summed E-state index contributed by atoms with van der Waals surface area (Å²) < 4.78 is 16.9. The monoisotopic (exact) mass is 275 g/mol. The zero-order valence-electron chi connectivity index (χ0n) is 11.1. The van der Waals surface area contributed by atoms with Gasteiger partial charge in [0.05, 0.1) is 23.8 Å². The Morgan fingerprint density at radius 3 is 2.90 bits per heavy atom. The van der Waals surface area contributed by atoms with Crippen molar-refractivity contribution in [1.82, 2.24) is 0 Å². The molecule has 0 radical (unpaired) electrons. The Balaban J connectivity index is 1.53. The van der Waals surface area contributed by atoms with Gasteiger partial charge < -0.3 is 19.5 Å². The first-order valence-electron chi connectivity index (χ1n) is 7.16. The van der Waals surface area contributed by atoms with Gasteiger partial charge in [0.25, 0.3) is 0 Å². The molecule has 1 N–H and O–H groups in total. The Morgan fingerprint density at radius 1 is 1.20 bits per heavy atom. The summed E-state index contributed by atoms with van der Waals surface area (Å²) in [6.07, 6.45) is 3.29. The van der Waals surface area contributed by atoms with E-state index >= 15 is 0 Å². The topological polar surface area (TPSA) is 56.8 Å². The van der Waals surface area contributed by atoms with Crippen molar-refractivity contribution in [3.05, 3.63) is 18.2 Å². The van der Waals surface area contributed by atoms with Crippen LogP contribution < -0.4 is 14.8 Å². The highest BCUT2D eigenvalue weighted by atomic mass is 16.6. The van der Waals surface area contributed by atoms with E-state index in [1.807, 2.05) is 18.2 Å². The summed E-state index contributed by atoms with van der Waals surface area (Å²) in [5.74, 6) is 1.32. The number of hydrogen-bond acceptors (Lipinski definition) is 4. The van der Waals surface area contributed by atoms with Crippen molar-refractivity contribution in [3.63, 3.8) is 0 Å². The average molecular weight is 275 g/mol. The van der Waals surface area contributed by atoms with Crippen LogP contribution in [0, 0.1) is 5.92 Å². The van der Waals surface area contributed by atoms with E-state index in [0.717, 1.165) is 19.3 Å². The van der Waals surface area contributed by atoms with Gasteiger partial charge in [0, 0.05) is 0 Å². The highest BCUT2D eigenvalue weighted by Crippen LogP contribution is 2.41. The number of hydrogen-bond donors (Lipinski definition) is 1. The van der Waals surface area contributed by atoms with Gasteiger partial charge in [0.15, 0.2) is 11.5 Å². The lowest BCUT2D eigenvalue weighted by Crippen LogP contribution is -2.31. The second kappa shape index (κ2) is 4.66. The van der Waals surface area contributed by atoms with Gasteiger partial charge in [-0.15, -0.1) is 0 Å². The van der Waals surface area contributed by atoms with Crippen LogP contribution in [0.5, 0.6) is 11.5 Å². The van der Waals surface area contributed by atoms with Gasteiger partial charge in [0.2, 0.25) is 5.91 Å². The lowest BCUT2D eigenvalue weighted by molar-refractivity contribution is -0.121. The quantitative estimate of drug-likeness (QED) is 0.896. The van der Waals surface area contributed by atoms with Gasteiger partial charge in [-0.05, 0) is 31.4 Å². The molecule has 0 aromatic heterocycles. The average Bonchev–Trinajstić information content (AvgIpc) is 3.10. The van der Waals surface area contributed by atoms with E-state index in [4.69, 9.17) is 14.2 Å². The second-order valence-corrected chi connectivity index (χ2v) is 5.54. The van der Waals surface area contributed by atoms with E-state index in [0.29, 0.717) is 30.4 Å². The minimum Gasteiger partial charge on any atom is -0.486 e. The number of nitrogens with one attached hydrogen (secondary N) is 1. The fourth-order valence-corrected chi connectivity index (χ4v) is 3.31. The molecule has 2 saturated heterocycles. The summed E-state index contributed by atoms with van der Waals surface area (Å²) in [4.78, 5) is 12.4. The van der Waals surface area contributed by atoms with E-state index in [-0.39, 0.29) is 24.0 Å². The van der Waals surface area contributed by atoms with Gasteiger partial charge in [-0.25, -0.2) is 0 Å². The third-order valence-electron chi connectivity index (χ3n) is 4.27. The third-order valence-corrected chi connectivity index (χ3v) is 4.27. The Morgan fingerprint density at radius 2 is 2.10 bits per heavy atom. The standard InChI is InChI=1S/C15H17NO4/c17-15(10-8-9-4-5-12(10)20-9)16-11-2-1-3-13-14(11)19-7-6-18-13/h1-3,9-10,12H,4-8H2,(H,16,17). The molecule has 106 valence electrons. The molecule has 3 atom stereocenters. The van der Waals surface area contributed by atoms with Crippen LogP contribution in [0.2, 0.25) is 0 Å². The van der Waals surface area contributed by atoms with Crippen molar-refractivity contribution in [2.75, 3.05) is 18.5 Å². The van der Waals surface area contributed by atoms with Gasteiger partial charge >= 0.3 is 0 Å². The maximum atomic E-state index is 12.4. The van der Waals surface area contributed by atoms with Crippen LogP contribution in [-0.2, 0) is 9.53 Å². The van der Waals surface area contributed by atoms with Crippen LogP contribution in [-0.4, -0.2) is 31.3 Å². The summed E-state index contributed by atoms with van der Waals surface area (Å²) in [6, 6.07) is 5.56. The molecule has 4 rings (SSSR count). The van der Waals surface area contributed by atoms with Gasteiger partial charge in [-0.1, -0.05) is 6.07 Å². The molecule has 2 bridgehead atoms. The lowest BCUT2D eigenvalue weighted by Gasteiger charge is -2.23. The molecule has 5 nitrogen and oxygen atoms in total. The Labute approximate surface area is 117 Å². The van der Waals surface area contributed by atoms with Crippen LogP contribution in [0.4, 0.5) is 5.69 Å². The Kier molecular flexibility index (Phi) is 2.80. The minimum atomic E-state index is -0.0332.